The van der Waals surface area contributed by atoms with Crippen molar-refractivity contribution in [3.63, 3.8) is 0 Å². The third kappa shape index (κ3) is 45.5. The first-order chi connectivity index (χ1) is 28.2. The summed E-state index contributed by atoms with van der Waals surface area (Å²) in [5, 5.41) is 0. The Bertz CT molecular complexity index is 885. The number of unbranched alkanes of at least 4 members (excludes halogenated alkanes) is 31. The van der Waals surface area contributed by atoms with E-state index < -0.39 is 6.10 Å². The molecule has 0 amide bonds. The highest BCUT2D eigenvalue weighted by atomic mass is 16.6. The van der Waals surface area contributed by atoms with Crippen molar-refractivity contribution in [2.45, 2.75) is 291 Å². The molecule has 0 aromatic carbocycles. The summed E-state index contributed by atoms with van der Waals surface area (Å²) in [6.45, 7) is 11.4. The average Bonchev–Trinajstić information content (AvgIpc) is 3.19. The molecule has 1 atom stereocenters. The first kappa shape index (κ1) is 56.4. The molecule has 0 rings (SSSR count). The molecule has 0 spiro atoms. The van der Waals surface area contributed by atoms with Gasteiger partial charge >= 0.3 is 17.9 Å². The smallest absolute Gasteiger partial charge is 0.306 e. The summed E-state index contributed by atoms with van der Waals surface area (Å²) in [5.41, 5.74) is 0. The Hall–Kier alpha value is -1.59. The number of hydrogen-bond acceptors (Lipinski definition) is 6. The maximum atomic E-state index is 12.8. The molecule has 344 valence electrons. The minimum atomic E-state index is -0.761. The molecule has 0 aromatic rings. The van der Waals surface area contributed by atoms with E-state index in [-0.39, 0.29) is 31.1 Å². The van der Waals surface area contributed by atoms with Crippen LogP contribution in [0, 0.1) is 11.8 Å². The Labute approximate surface area is 361 Å². The largest absolute Gasteiger partial charge is 0.462 e. The van der Waals surface area contributed by atoms with Crippen molar-refractivity contribution in [1.29, 1.82) is 0 Å². The highest BCUT2D eigenvalue weighted by Crippen LogP contribution is 2.17. The summed E-state index contributed by atoms with van der Waals surface area (Å²) < 4.78 is 16.8. The second-order valence-corrected chi connectivity index (χ2v) is 18.8. The molecule has 0 saturated carbocycles. The number of rotatable bonds is 46. The molecule has 6 nitrogen and oxygen atoms in total. The highest BCUT2D eigenvalue weighted by Gasteiger charge is 2.19. The number of carbonyl (C=O) groups is 3. The molecule has 6 heteroatoms. The zero-order chi connectivity index (χ0) is 42.6. The summed E-state index contributed by atoms with van der Waals surface area (Å²) in [6.07, 6.45) is 45.2. The minimum Gasteiger partial charge on any atom is -0.462 e. The van der Waals surface area contributed by atoms with Crippen LogP contribution in [0.25, 0.3) is 0 Å². The molecular formula is C52H100O6. The van der Waals surface area contributed by atoms with Crippen molar-refractivity contribution < 1.29 is 28.6 Å². The molecule has 0 heterocycles. The molecule has 0 saturated heterocycles. The third-order valence-corrected chi connectivity index (χ3v) is 11.7. The molecule has 0 N–H and O–H groups in total. The Morgan fingerprint density at radius 1 is 0.328 bits per heavy atom. The van der Waals surface area contributed by atoms with Crippen LogP contribution in [0.4, 0.5) is 0 Å². The summed E-state index contributed by atoms with van der Waals surface area (Å²) in [5.74, 6) is 0.820. The lowest BCUT2D eigenvalue weighted by Gasteiger charge is -2.18. The van der Waals surface area contributed by atoms with Gasteiger partial charge in [0, 0.05) is 19.3 Å². The fraction of sp³-hybridized carbons (Fsp3) is 0.942. The lowest BCUT2D eigenvalue weighted by atomic mass is 10.0. The van der Waals surface area contributed by atoms with Gasteiger partial charge in [-0.05, 0) is 31.1 Å². The monoisotopic (exact) mass is 821 g/mol. The number of hydrogen-bond donors (Lipinski definition) is 0. The van der Waals surface area contributed by atoms with Crippen LogP contribution in [0.15, 0.2) is 0 Å². The predicted molar refractivity (Wildman–Crippen MR) is 247 cm³/mol. The molecule has 0 aromatic heterocycles. The number of carbonyl (C=O) groups excluding carboxylic acids is 3. The molecule has 0 aliphatic carbocycles. The summed E-state index contributed by atoms with van der Waals surface area (Å²) >= 11 is 0. The fourth-order valence-electron chi connectivity index (χ4n) is 7.81. The SMILES string of the molecule is CCCCCCCCCCCC(=O)OC[C@H](COC(=O)CCCCCCCCCCCCCC(C)C)OC(=O)CCCCCCCCCCCCCCCCC(C)C. The molecule has 58 heavy (non-hydrogen) atoms. The van der Waals surface area contributed by atoms with Gasteiger partial charge in [-0.3, -0.25) is 14.4 Å². The van der Waals surface area contributed by atoms with Crippen LogP contribution in [0.2, 0.25) is 0 Å². The van der Waals surface area contributed by atoms with Gasteiger partial charge in [0.2, 0.25) is 0 Å². The van der Waals surface area contributed by atoms with E-state index in [1.807, 2.05) is 0 Å². The van der Waals surface area contributed by atoms with E-state index in [1.54, 1.807) is 0 Å². The second-order valence-electron chi connectivity index (χ2n) is 18.8. The molecule has 0 fully saturated rings. The van der Waals surface area contributed by atoms with Crippen LogP contribution in [0.5, 0.6) is 0 Å². The van der Waals surface area contributed by atoms with Crippen molar-refractivity contribution in [1.82, 2.24) is 0 Å². The third-order valence-electron chi connectivity index (χ3n) is 11.7. The van der Waals surface area contributed by atoms with Crippen molar-refractivity contribution in [3.05, 3.63) is 0 Å². The minimum absolute atomic E-state index is 0.0638. The summed E-state index contributed by atoms with van der Waals surface area (Å²) in [7, 11) is 0. The summed E-state index contributed by atoms with van der Waals surface area (Å²) in [6, 6.07) is 0. The first-order valence-electron chi connectivity index (χ1n) is 25.7. The maximum Gasteiger partial charge on any atom is 0.306 e. The van der Waals surface area contributed by atoms with E-state index in [2.05, 4.69) is 34.6 Å². The zero-order valence-corrected chi connectivity index (χ0v) is 39.7. The van der Waals surface area contributed by atoms with Crippen molar-refractivity contribution in [2.75, 3.05) is 13.2 Å². The molecule has 0 bridgehead atoms. The Morgan fingerprint density at radius 2 is 0.569 bits per heavy atom. The zero-order valence-electron chi connectivity index (χ0n) is 39.7. The highest BCUT2D eigenvalue weighted by molar-refractivity contribution is 5.71. The van der Waals surface area contributed by atoms with E-state index in [0.717, 1.165) is 69.6 Å². The van der Waals surface area contributed by atoms with Gasteiger partial charge in [0.1, 0.15) is 13.2 Å². The number of ether oxygens (including phenoxy) is 3. The molecule has 0 radical (unpaired) electrons. The summed E-state index contributed by atoms with van der Waals surface area (Å²) in [4.78, 5) is 37.9. The van der Waals surface area contributed by atoms with E-state index in [0.29, 0.717) is 19.3 Å². The van der Waals surface area contributed by atoms with Crippen LogP contribution in [0.3, 0.4) is 0 Å². The second kappa shape index (κ2) is 44.9. The van der Waals surface area contributed by atoms with E-state index in [9.17, 15) is 14.4 Å². The van der Waals surface area contributed by atoms with Crippen LogP contribution < -0.4 is 0 Å². The van der Waals surface area contributed by atoms with Gasteiger partial charge in [0.15, 0.2) is 6.10 Å². The Balaban J connectivity index is 4.27. The first-order valence-corrected chi connectivity index (χ1v) is 25.7. The van der Waals surface area contributed by atoms with Gasteiger partial charge in [-0.2, -0.15) is 0 Å². The fourth-order valence-corrected chi connectivity index (χ4v) is 7.81. The van der Waals surface area contributed by atoms with Crippen LogP contribution >= 0.6 is 0 Å². The van der Waals surface area contributed by atoms with Gasteiger partial charge < -0.3 is 14.2 Å². The van der Waals surface area contributed by atoms with Gasteiger partial charge in [0.25, 0.3) is 0 Å². The predicted octanol–water partition coefficient (Wildman–Crippen LogP) is 16.5. The van der Waals surface area contributed by atoms with Crippen molar-refractivity contribution >= 4 is 17.9 Å². The van der Waals surface area contributed by atoms with E-state index >= 15 is 0 Å². The van der Waals surface area contributed by atoms with E-state index in [1.165, 1.54) is 173 Å². The quantitative estimate of drug-likeness (QED) is 0.0346. The Kier molecular flexibility index (Phi) is 43.7. The molecule has 0 aliphatic rings. The van der Waals surface area contributed by atoms with Crippen LogP contribution in [-0.2, 0) is 28.6 Å². The standard InChI is InChI=1S/C52H100O6/c1-6-7-8-9-10-20-27-32-37-42-50(53)56-45-49(46-57-51(54)43-38-33-28-23-19-15-17-22-26-31-36-41-48(4)5)58-52(55)44-39-34-29-24-18-14-12-11-13-16-21-25-30-35-40-47(2)3/h47-49H,6-46H2,1-5H3/t49-/m1/s1. The topological polar surface area (TPSA) is 78.9 Å². The van der Waals surface area contributed by atoms with Gasteiger partial charge in [-0.1, -0.05) is 247 Å². The van der Waals surface area contributed by atoms with Gasteiger partial charge in [-0.25, -0.2) is 0 Å². The molecule has 0 unspecified atom stereocenters. The van der Waals surface area contributed by atoms with Crippen LogP contribution in [-0.4, -0.2) is 37.2 Å². The van der Waals surface area contributed by atoms with E-state index in [4.69, 9.17) is 14.2 Å². The average molecular weight is 821 g/mol. The molecule has 0 aliphatic heterocycles. The normalized spacial score (nSPS) is 12.1. The number of esters is 3. The van der Waals surface area contributed by atoms with Gasteiger partial charge in [-0.15, -0.1) is 0 Å². The van der Waals surface area contributed by atoms with Gasteiger partial charge in [0.05, 0.1) is 0 Å². The Morgan fingerprint density at radius 3 is 0.845 bits per heavy atom. The maximum absolute atomic E-state index is 12.8. The lowest BCUT2D eigenvalue weighted by molar-refractivity contribution is -0.167. The van der Waals surface area contributed by atoms with Crippen LogP contribution in [0.1, 0.15) is 285 Å². The lowest BCUT2D eigenvalue weighted by Crippen LogP contribution is -2.30. The molecular weight excluding hydrogens is 721 g/mol. The van der Waals surface area contributed by atoms with Crippen molar-refractivity contribution in [2.24, 2.45) is 11.8 Å². The van der Waals surface area contributed by atoms with Crippen molar-refractivity contribution in [3.8, 4) is 0 Å².